The molecule has 2 nitrogen and oxygen atoms in total. The van der Waals surface area contributed by atoms with E-state index in [-0.39, 0.29) is 5.54 Å². The molecule has 2 atom stereocenters. The molecule has 0 aromatic heterocycles. The summed E-state index contributed by atoms with van der Waals surface area (Å²) in [6.07, 6.45) is 13.5. The molecule has 0 saturated heterocycles. The van der Waals surface area contributed by atoms with E-state index in [1.165, 1.54) is 70.8 Å². The van der Waals surface area contributed by atoms with Gasteiger partial charge >= 0.3 is 0 Å². The average molecular weight is 252 g/mol. The van der Waals surface area contributed by atoms with Crippen molar-refractivity contribution in [2.24, 2.45) is 11.7 Å². The van der Waals surface area contributed by atoms with Crippen molar-refractivity contribution >= 4 is 0 Å². The van der Waals surface area contributed by atoms with Gasteiger partial charge in [0.05, 0.1) is 0 Å². The molecule has 0 aromatic rings. The lowest BCUT2D eigenvalue weighted by molar-refractivity contribution is 0.143. The van der Waals surface area contributed by atoms with E-state index in [0.29, 0.717) is 0 Å². The van der Waals surface area contributed by atoms with Crippen molar-refractivity contribution < 1.29 is 0 Å². The second-order valence-electron chi connectivity index (χ2n) is 7.08. The molecule has 2 saturated carbocycles. The largest absolute Gasteiger partial charge is 0.325 e. The third-order valence-electron chi connectivity index (χ3n) is 5.34. The number of hydrogen-bond donors (Lipinski definition) is 1. The van der Waals surface area contributed by atoms with Crippen molar-refractivity contribution in [2.45, 2.75) is 82.7 Å². The van der Waals surface area contributed by atoms with Crippen LogP contribution in [0.4, 0.5) is 0 Å². The first-order valence-electron chi connectivity index (χ1n) is 8.08. The van der Waals surface area contributed by atoms with Crippen LogP contribution in [0.1, 0.15) is 71.1 Å². The lowest BCUT2D eigenvalue weighted by atomic mass is 9.80. The van der Waals surface area contributed by atoms with Gasteiger partial charge in [0.15, 0.2) is 0 Å². The minimum absolute atomic E-state index is 0.160. The van der Waals surface area contributed by atoms with Gasteiger partial charge in [-0.2, -0.15) is 0 Å². The molecule has 0 aliphatic heterocycles. The minimum Gasteiger partial charge on any atom is -0.325 e. The lowest BCUT2D eigenvalue weighted by Gasteiger charge is -2.38. The van der Waals surface area contributed by atoms with Gasteiger partial charge in [-0.3, -0.25) is 0 Å². The van der Waals surface area contributed by atoms with Gasteiger partial charge in [0.2, 0.25) is 0 Å². The average Bonchev–Trinajstić information content (AvgIpc) is 2.37. The third kappa shape index (κ3) is 3.96. The minimum atomic E-state index is 0.160. The van der Waals surface area contributed by atoms with Crippen LogP contribution in [0.2, 0.25) is 0 Å². The summed E-state index contributed by atoms with van der Waals surface area (Å²) in [5, 5.41) is 0. The summed E-state index contributed by atoms with van der Waals surface area (Å²) >= 11 is 0. The zero-order valence-corrected chi connectivity index (χ0v) is 12.5. The quantitative estimate of drug-likeness (QED) is 0.829. The summed E-state index contributed by atoms with van der Waals surface area (Å²) in [7, 11) is 2.31. The molecular weight excluding hydrogens is 220 g/mol. The maximum atomic E-state index is 6.54. The number of rotatable bonds is 4. The highest BCUT2D eigenvalue weighted by atomic mass is 15.1. The summed E-state index contributed by atoms with van der Waals surface area (Å²) in [4.78, 5) is 2.60. The molecule has 2 N–H and O–H groups in total. The standard InChI is InChI=1S/C16H32N2/c1-14-7-6-8-15(13-14)18(2)12-11-16(17)9-4-3-5-10-16/h14-15H,3-13,17H2,1-2H3. The summed E-state index contributed by atoms with van der Waals surface area (Å²) in [5.41, 5.74) is 6.70. The van der Waals surface area contributed by atoms with Crippen LogP contribution in [0.25, 0.3) is 0 Å². The van der Waals surface area contributed by atoms with Gasteiger partial charge in [0, 0.05) is 11.6 Å². The molecule has 2 rings (SSSR count). The molecule has 2 aliphatic carbocycles. The Bertz CT molecular complexity index is 245. The molecule has 0 aromatic carbocycles. The molecule has 0 heterocycles. The normalized spacial score (nSPS) is 32.7. The SMILES string of the molecule is CC1CCCC(N(C)CCC2(N)CCCCC2)C1. The highest BCUT2D eigenvalue weighted by molar-refractivity contribution is 4.88. The van der Waals surface area contributed by atoms with Crippen molar-refractivity contribution in [1.82, 2.24) is 4.90 Å². The highest BCUT2D eigenvalue weighted by Gasteiger charge is 2.29. The van der Waals surface area contributed by atoms with E-state index >= 15 is 0 Å². The van der Waals surface area contributed by atoms with Crippen LogP contribution in [0.3, 0.4) is 0 Å². The number of hydrogen-bond acceptors (Lipinski definition) is 2. The monoisotopic (exact) mass is 252 g/mol. The Hall–Kier alpha value is -0.0800. The molecule has 0 bridgehead atoms. The smallest absolute Gasteiger partial charge is 0.0166 e. The highest BCUT2D eigenvalue weighted by Crippen LogP contribution is 2.30. The van der Waals surface area contributed by atoms with Gasteiger partial charge in [-0.05, 0) is 51.6 Å². The summed E-state index contributed by atoms with van der Waals surface area (Å²) in [6.45, 7) is 3.61. The van der Waals surface area contributed by atoms with Gasteiger partial charge in [-0.1, -0.05) is 39.0 Å². The fourth-order valence-electron chi connectivity index (χ4n) is 3.89. The second kappa shape index (κ2) is 6.38. The van der Waals surface area contributed by atoms with Crippen LogP contribution < -0.4 is 5.73 Å². The van der Waals surface area contributed by atoms with Crippen LogP contribution in [0.5, 0.6) is 0 Å². The van der Waals surface area contributed by atoms with Crippen molar-refractivity contribution in [3.63, 3.8) is 0 Å². The predicted molar refractivity (Wildman–Crippen MR) is 78.7 cm³/mol. The Kier molecular flexibility index (Phi) is 5.08. The van der Waals surface area contributed by atoms with Crippen molar-refractivity contribution in [1.29, 1.82) is 0 Å². The third-order valence-corrected chi connectivity index (χ3v) is 5.34. The zero-order valence-electron chi connectivity index (χ0n) is 12.5. The first kappa shape index (κ1) is 14.3. The Morgan fingerprint density at radius 3 is 2.50 bits per heavy atom. The molecule has 2 unspecified atom stereocenters. The molecule has 0 amide bonds. The Labute approximate surface area is 113 Å². The van der Waals surface area contributed by atoms with Crippen LogP contribution in [-0.2, 0) is 0 Å². The number of nitrogens with two attached hydrogens (primary N) is 1. The molecular formula is C16H32N2. The molecule has 0 radical (unpaired) electrons. The fourth-order valence-corrected chi connectivity index (χ4v) is 3.89. The van der Waals surface area contributed by atoms with E-state index in [9.17, 15) is 0 Å². The van der Waals surface area contributed by atoms with Crippen molar-refractivity contribution in [3.8, 4) is 0 Å². The Morgan fingerprint density at radius 2 is 1.83 bits per heavy atom. The molecule has 2 heteroatoms. The van der Waals surface area contributed by atoms with Crippen molar-refractivity contribution in [2.75, 3.05) is 13.6 Å². The summed E-state index contributed by atoms with van der Waals surface area (Å²) in [5.74, 6) is 0.924. The molecule has 106 valence electrons. The fraction of sp³-hybridized carbons (Fsp3) is 1.00. The van der Waals surface area contributed by atoms with Gasteiger partial charge in [0.25, 0.3) is 0 Å². The van der Waals surface area contributed by atoms with Crippen LogP contribution >= 0.6 is 0 Å². The van der Waals surface area contributed by atoms with E-state index in [4.69, 9.17) is 5.73 Å². The first-order chi connectivity index (χ1) is 8.59. The maximum absolute atomic E-state index is 6.54. The molecule has 0 spiro atoms. The van der Waals surface area contributed by atoms with Crippen LogP contribution in [0, 0.1) is 5.92 Å². The lowest BCUT2D eigenvalue weighted by Crippen LogP contribution is -2.46. The van der Waals surface area contributed by atoms with E-state index in [1.54, 1.807) is 0 Å². The summed E-state index contributed by atoms with van der Waals surface area (Å²) < 4.78 is 0. The Balaban J connectivity index is 1.74. The van der Waals surface area contributed by atoms with E-state index in [1.807, 2.05) is 0 Å². The van der Waals surface area contributed by atoms with Gasteiger partial charge in [-0.25, -0.2) is 0 Å². The number of nitrogens with zero attached hydrogens (tertiary/aromatic N) is 1. The van der Waals surface area contributed by atoms with Gasteiger partial charge in [0.1, 0.15) is 0 Å². The molecule has 2 aliphatic rings. The maximum Gasteiger partial charge on any atom is 0.0166 e. The second-order valence-corrected chi connectivity index (χ2v) is 7.08. The summed E-state index contributed by atoms with van der Waals surface area (Å²) in [6, 6.07) is 0.820. The Morgan fingerprint density at radius 1 is 1.11 bits per heavy atom. The predicted octanol–water partition coefficient (Wildman–Crippen LogP) is 3.55. The van der Waals surface area contributed by atoms with E-state index in [0.717, 1.165) is 12.0 Å². The van der Waals surface area contributed by atoms with E-state index in [2.05, 4.69) is 18.9 Å². The van der Waals surface area contributed by atoms with Crippen molar-refractivity contribution in [3.05, 3.63) is 0 Å². The van der Waals surface area contributed by atoms with Crippen LogP contribution in [-0.4, -0.2) is 30.1 Å². The topological polar surface area (TPSA) is 29.3 Å². The molecule has 2 fully saturated rings. The molecule has 18 heavy (non-hydrogen) atoms. The van der Waals surface area contributed by atoms with Crippen LogP contribution in [0.15, 0.2) is 0 Å². The van der Waals surface area contributed by atoms with E-state index < -0.39 is 0 Å². The first-order valence-corrected chi connectivity index (χ1v) is 8.08. The van der Waals surface area contributed by atoms with Gasteiger partial charge < -0.3 is 10.6 Å². The zero-order chi connectivity index (χ0) is 13.0. The van der Waals surface area contributed by atoms with Gasteiger partial charge in [-0.15, -0.1) is 0 Å².